The fourth-order valence-electron chi connectivity index (χ4n) is 2.02. The summed E-state index contributed by atoms with van der Waals surface area (Å²) in [6.07, 6.45) is 1.29. The van der Waals surface area contributed by atoms with Crippen LogP contribution < -0.4 is 5.73 Å². The zero-order valence-electron chi connectivity index (χ0n) is 10.4. The molecule has 1 aliphatic rings. The van der Waals surface area contributed by atoms with Gasteiger partial charge in [0.15, 0.2) is 0 Å². The molecule has 2 N–H and O–H groups in total. The molecule has 1 rings (SSSR count). The number of hydrogen-bond acceptors (Lipinski definition) is 4. The fourth-order valence-corrected chi connectivity index (χ4v) is 4.34. The van der Waals surface area contributed by atoms with Gasteiger partial charge in [0.05, 0.1) is 4.99 Å². The first kappa shape index (κ1) is 14.8. The van der Waals surface area contributed by atoms with Crippen LogP contribution in [0.15, 0.2) is 0 Å². The van der Waals surface area contributed by atoms with Crippen molar-refractivity contribution in [3.63, 3.8) is 0 Å². The van der Waals surface area contributed by atoms with Crippen molar-refractivity contribution in [1.29, 1.82) is 0 Å². The molecule has 100 valence electrons. The molecule has 0 radical (unpaired) electrons. The summed E-state index contributed by atoms with van der Waals surface area (Å²) in [6.45, 7) is 4.57. The Kier molecular flexibility index (Phi) is 5.30. The van der Waals surface area contributed by atoms with Crippen molar-refractivity contribution >= 4 is 27.2 Å². The topological polar surface area (TPSA) is 66.6 Å². The first-order valence-electron chi connectivity index (χ1n) is 5.86. The van der Waals surface area contributed by atoms with E-state index in [4.69, 9.17) is 18.0 Å². The molecule has 0 bridgehead atoms. The fraction of sp³-hybridized carbons (Fsp3) is 0.900. The number of likely N-dealkylation sites (N-methyl/N-ethyl adjacent to an activating group) is 1. The van der Waals surface area contributed by atoms with Gasteiger partial charge in [-0.25, -0.2) is 8.42 Å². The number of nitrogens with zero attached hydrogens (tertiary/aromatic N) is 2. The molecule has 5 nitrogen and oxygen atoms in total. The van der Waals surface area contributed by atoms with Crippen LogP contribution in [0.4, 0.5) is 0 Å². The minimum Gasteiger partial charge on any atom is -0.392 e. The van der Waals surface area contributed by atoms with Gasteiger partial charge in [0.1, 0.15) is 5.25 Å². The maximum atomic E-state index is 12.4. The van der Waals surface area contributed by atoms with Gasteiger partial charge in [0.2, 0.25) is 10.0 Å². The van der Waals surface area contributed by atoms with E-state index in [1.807, 2.05) is 7.05 Å². The number of rotatable bonds is 4. The molecular weight excluding hydrogens is 258 g/mol. The lowest BCUT2D eigenvalue weighted by Crippen LogP contribution is -2.45. The van der Waals surface area contributed by atoms with Gasteiger partial charge in [-0.3, -0.25) is 0 Å². The van der Waals surface area contributed by atoms with Gasteiger partial charge in [-0.15, -0.1) is 0 Å². The second-order valence-electron chi connectivity index (χ2n) is 4.40. The Morgan fingerprint density at radius 3 is 2.53 bits per heavy atom. The standard InChI is InChI=1S/C10H21N3O2S2/c1-3-9(10(11)16)17(14,15)13-6-4-5-12(2)7-8-13/h9H,3-8H2,1-2H3,(H2,11,16). The Morgan fingerprint density at radius 1 is 1.35 bits per heavy atom. The van der Waals surface area contributed by atoms with Crippen LogP contribution >= 0.6 is 12.2 Å². The maximum absolute atomic E-state index is 12.4. The summed E-state index contributed by atoms with van der Waals surface area (Å²) in [5, 5.41) is -0.721. The zero-order chi connectivity index (χ0) is 13.1. The van der Waals surface area contributed by atoms with Crippen molar-refractivity contribution in [2.45, 2.75) is 25.0 Å². The summed E-state index contributed by atoms with van der Waals surface area (Å²) in [4.78, 5) is 2.21. The molecule has 0 aliphatic carbocycles. The second-order valence-corrected chi connectivity index (χ2v) is 6.99. The summed E-state index contributed by atoms with van der Waals surface area (Å²) in [6, 6.07) is 0. The van der Waals surface area contributed by atoms with Gasteiger partial charge in [-0.1, -0.05) is 19.1 Å². The highest BCUT2D eigenvalue weighted by Gasteiger charge is 2.33. The maximum Gasteiger partial charge on any atom is 0.223 e. The minimum atomic E-state index is -3.38. The summed E-state index contributed by atoms with van der Waals surface area (Å²) < 4.78 is 26.2. The van der Waals surface area contributed by atoms with Crippen LogP contribution in [0.5, 0.6) is 0 Å². The van der Waals surface area contributed by atoms with E-state index in [9.17, 15) is 8.42 Å². The number of hydrogen-bond donors (Lipinski definition) is 1. The third-order valence-corrected chi connectivity index (χ3v) is 5.91. The van der Waals surface area contributed by atoms with Crippen LogP contribution in [0.2, 0.25) is 0 Å². The normalized spacial score (nSPS) is 22.0. The van der Waals surface area contributed by atoms with Crippen LogP contribution in [0.25, 0.3) is 0 Å². The first-order valence-corrected chi connectivity index (χ1v) is 7.77. The van der Waals surface area contributed by atoms with Gasteiger partial charge in [0, 0.05) is 19.6 Å². The van der Waals surface area contributed by atoms with Crippen LogP contribution in [0, 0.1) is 0 Å². The lowest BCUT2D eigenvalue weighted by Gasteiger charge is -2.25. The molecule has 0 spiro atoms. The molecule has 1 atom stereocenters. The van der Waals surface area contributed by atoms with Crippen molar-refractivity contribution in [3.8, 4) is 0 Å². The van der Waals surface area contributed by atoms with Crippen molar-refractivity contribution in [3.05, 3.63) is 0 Å². The zero-order valence-corrected chi connectivity index (χ0v) is 12.1. The number of nitrogens with two attached hydrogens (primary N) is 1. The van der Waals surface area contributed by atoms with Gasteiger partial charge < -0.3 is 10.6 Å². The Balaban J connectivity index is 2.85. The van der Waals surface area contributed by atoms with Gasteiger partial charge in [-0.05, 0) is 26.4 Å². The third kappa shape index (κ3) is 3.61. The SMILES string of the molecule is CCC(C(N)=S)S(=O)(=O)N1CCCN(C)CC1. The van der Waals surface area contributed by atoms with Gasteiger partial charge >= 0.3 is 0 Å². The molecule has 0 saturated carbocycles. The quantitative estimate of drug-likeness (QED) is 0.735. The molecule has 1 aliphatic heterocycles. The molecule has 1 saturated heterocycles. The van der Waals surface area contributed by atoms with Crippen LogP contribution in [-0.4, -0.2) is 61.1 Å². The highest BCUT2D eigenvalue weighted by molar-refractivity contribution is 7.92. The molecule has 7 heteroatoms. The molecule has 1 unspecified atom stereocenters. The highest BCUT2D eigenvalue weighted by atomic mass is 32.2. The predicted octanol–water partition coefficient (Wildman–Crippen LogP) is 0.0184. The second kappa shape index (κ2) is 6.08. The van der Waals surface area contributed by atoms with Gasteiger partial charge in [-0.2, -0.15) is 4.31 Å². The molecule has 0 amide bonds. The van der Waals surface area contributed by atoms with E-state index in [1.165, 1.54) is 4.31 Å². The molecule has 17 heavy (non-hydrogen) atoms. The van der Waals surface area contributed by atoms with E-state index in [1.54, 1.807) is 6.92 Å². The number of thiocarbonyl (C=S) groups is 1. The van der Waals surface area contributed by atoms with E-state index < -0.39 is 15.3 Å². The van der Waals surface area contributed by atoms with Gasteiger partial charge in [0.25, 0.3) is 0 Å². The van der Waals surface area contributed by atoms with Crippen molar-refractivity contribution in [1.82, 2.24) is 9.21 Å². The summed E-state index contributed by atoms with van der Waals surface area (Å²) in [5.41, 5.74) is 5.52. The summed E-state index contributed by atoms with van der Waals surface area (Å²) >= 11 is 4.85. The predicted molar refractivity (Wildman–Crippen MR) is 73.5 cm³/mol. The summed E-state index contributed by atoms with van der Waals surface area (Å²) in [5.74, 6) is 0. The van der Waals surface area contributed by atoms with E-state index in [0.29, 0.717) is 19.5 Å². The Bertz CT molecular complexity index is 370. The molecule has 1 fully saturated rings. The highest BCUT2D eigenvalue weighted by Crippen LogP contribution is 2.15. The average Bonchev–Trinajstić information content (AvgIpc) is 2.43. The Hall–Kier alpha value is -0.240. The lowest BCUT2D eigenvalue weighted by atomic mass is 10.3. The monoisotopic (exact) mass is 279 g/mol. The van der Waals surface area contributed by atoms with E-state index in [-0.39, 0.29) is 4.99 Å². The third-order valence-electron chi connectivity index (χ3n) is 3.09. The minimum absolute atomic E-state index is 0.0742. The molecule has 1 heterocycles. The molecule has 0 aromatic heterocycles. The average molecular weight is 279 g/mol. The Labute approximate surface area is 109 Å². The largest absolute Gasteiger partial charge is 0.392 e. The van der Waals surface area contributed by atoms with Crippen molar-refractivity contribution < 1.29 is 8.42 Å². The van der Waals surface area contributed by atoms with Crippen molar-refractivity contribution in [2.24, 2.45) is 5.73 Å². The Morgan fingerprint density at radius 2 is 2.00 bits per heavy atom. The molecule has 0 aromatic carbocycles. The van der Waals surface area contributed by atoms with Crippen LogP contribution in [0.3, 0.4) is 0 Å². The van der Waals surface area contributed by atoms with E-state index >= 15 is 0 Å². The first-order chi connectivity index (χ1) is 7.89. The van der Waals surface area contributed by atoms with Crippen LogP contribution in [-0.2, 0) is 10.0 Å². The van der Waals surface area contributed by atoms with Crippen LogP contribution in [0.1, 0.15) is 19.8 Å². The molecular formula is C10H21N3O2S2. The smallest absolute Gasteiger partial charge is 0.223 e. The number of sulfonamides is 1. The molecule has 0 aromatic rings. The van der Waals surface area contributed by atoms with E-state index in [2.05, 4.69) is 4.90 Å². The summed E-state index contributed by atoms with van der Waals surface area (Å²) in [7, 11) is -1.38. The van der Waals surface area contributed by atoms with Crippen molar-refractivity contribution in [2.75, 3.05) is 33.2 Å². The van der Waals surface area contributed by atoms with E-state index in [0.717, 1.165) is 19.5 Å². The lowest BCUT2D eigenvalue weighted by molar-refractivity contribution is 0.346.